The van der Waals surface area contributed by atoms with Crippen molar-refractivity contribution in [1.29, 1.82) is 0 Å². The number of aryl methyl sites for hydroxylation is 1. The van der Waals surface area contributed by atoms with Crippen molar-refractivity contribution in [3.05, 3.63) is 77.3 Å². The number of carbonyl (C=O) groups excluding carboxylic acids is 1. The van der Waals surface area contributed by atoms with Crippen LogP contribution in [0.5, 0.6) is 5.75 Å². The van der Waals surface area contributed by atoms with Gasteiger partial charge in [0, 0.05) is 6.54 Å². The number of hydrogen-bond acceptors (Lipinski definition) is 5. The standard InChI is InChI=1S/C23H23FN4O3/c1-15-12-27(13-17-4-7-19(24)8-5-17)23(29)22(31-15)11-18-6-9-20(21(10-18)30-3)28-14-25-16(2)26-28/h4-11,14-15H,12-13H2,1-3H3/b22-11+/t15-/m1/s1. The Morgan fingerprint density at radius 1 is 1.26 bits per heavy atom. The van der Waals surface area contributed by atoms with E-state index in [1.165, 1.54) is 12.1 Å². The third-order valence-electron chi connectivity index (χ3n) is 4.95. The lowest BCUT2D eigenvalue weighted by Crippen LogP contribution is -2.43. The lowest BCUT2D eigenvalue weighted by Gasteiger charge is -2.33. The third-order valence-corrected chi connectivity index (χ3v) is 4.95. The van der Waals surface area contributed by atoms with E-state index in [2.05, 4.69) is 10.1 Å². The second-order valence-corrected chi connectivity index (χ2v) is 7.42. The number of rotatable bonds is 5. The average molecular weight is 422 g/mol. The zero-order valence-corrected chi connectivity index (χ0v) is 17.6. The quantitative estimate of drug-likeness (QED) is 0.589. The first-order valence-electron chi connectivity index (χ1n) is 9.91. The Morgan fingerprint density at radius 2 is 2.03 bits per heavy atom. The molecule has 31 heavy (non-hydrogen) atoms. The molecule has 0 saturated carbocycles. The molecule has 0 radical (unpaired) electrons. The summed E-state index contributed by atoms with van der Waals surface area (Å²) in [5, 5.41) is 4.31. The van der Waals surface area contributed by atoms with Crippen LogP contribution < -0.4 is 4.74 Å². The highest BCUT2D eigenvalue weighted by Gasteiger charge is 2.29. The van der Waals surface area contributed by atoms with E-state index in [1.54, 1.807) is 41.2 Å². The van der Waals surface area contributed by atoms with Gasteiger partial charge in [0.2, 0.25) is 0 Å². The molecule has 3 aromatic rings. The van der Waals surface area contributed by atoms with E-state index < -0.39 is 0 Å². The maximum atomic E-state index is 13.2. The minimum absolute atomic E-state index is 0.163. The number of morpholine rings is 1. The topological polar surface area (TPSA) is 69.5 Å². The Kier molecular flexibility index (Phi) is 5.70. The Balaban J connectivity index is 1.59. The minimum atomic E-state index is -0.301. The molecule has 1 fully saturated rings. The highest BCUT2D eigenvalue weighted by molar-refractivity contribution is 5.96. The van der Waals surface area contributed by atoms with E-state index in [9.17, 15) is 9.18 Å². The van der Waals surface area contributed by atoms with Gasteiger partial charge in [-0.1, -0.05) is 18.2 Å². The summed E-state index contributed by atoms with van der Waals surface area (Å²) in [7, 11) is 1.58. The number of amides is 1. The summed E-state index contributed by atoms with van der Waals surface area (Å²) in [6.07, 6.45) is 3.16. The second-order valence-electron chi connectivity index (χ2n) is 7.42. The van der Waals surface area contributed by atoms with Crippen molar-refractivity contribution in [2.24, 2.45) is 0 Å². The number of methoxy groups -OCH3 is 1. The van der Waals surface area contributed by atoms with Crippen LogP contribution in [0.15, 0.2) is 54.6 Å². The van der Waals surface area contributed by atoms with Crippen molar-refractivity contribution in [1.82, 2.24) is 19.7 Å². The Hall–Kier alpha value is -3.68. The first kappa shape index (κ1) is 20.6. The fourth-order valence-corrected chi connectivity index (χ4v) is 3.48. The Morgan fingerprint density at radius 3 is 2.71 bits per heavy atom. The molecule has 0 N–H and O–H groups in total. The molecule has 1 aromatic heterocycles. The van der Waals surface area contributed by atoms with Crippen LogP contribution in [-0.4, -0.2) is 45.3 Å². The summed E-state index contributed by atoms with van der Waals surface area (Å²) >= 11 is 0. The zero-order chi connectivity index (χ0) is 22.0. The summed E-state index contributed by atoms with van der Waals surface area (Å²) in [6, 6.07) is 11.7. The summed E-state index contributed by atoms with van der Waals surface area (Å²) in [5.74, 6) is 0.998. The lowest BCUT2D eigenvalue weighted by atomic mass is 10.1. The van der Waals surface area contributed by atoms with Crippen LogP contribution in [0.1, 0.15) is 23.9 Å². The number of ether oxygens (including phenoxy) is 2. The van der Waals surface area contributed by atoms with Gasteiger partial charge in [-0.05, 0) is 55.3 Å². The van der Waals surface area contributed by atoms with Crippen molar-refractivity contribution in [3.8, 4) is 11.4 Å². The van der Waals surface area contributed by atoms with Crippen molar-refractivity contribution >= 4 is 12.0 Å². The van der Waals surface area contributed by atoms with Gasteiger partial charge in [-0.15, -0.1) is 0 Å². The van der Waals surface area contributed by atoms with Crippen molar-refractivity contribution in [2.75, 3.05) is 13.7 Å². The molecule has 1 amide bonds. The molecule has 1 aliphatic heterocycles. The van der Waals surface area contributed by atoms with E-state index in [0.717, 1.165) is 16.8 Å². The van der Waals surface area contributed by atoms with E-state index in [1.807, 2.05) is 32.0 Å². The highest BCUT2D eigenvalue weighted by Crippen LogP contribution is 2.27. The fourth-order valence-electron chi connectivity index (χ4n) is 3.48. The average Bonchev–Trinajstić information content (AvgIpc) is 3.19. The van der Waals surface area contributed by atoms with E-state index in [0.29, 0.717) is 24.7 Å². The van der Waals surface area contributed by atoms with Gasteiger partial charge in [-0.3, -0.25) is 4.79 Å². The van der Waals surface area contributed by atoms with Crippen molar-refractivity contribution < 1.29 is 18.7 Å². The third kappa shape index (κ3) is 4.58. The van der Waals surface area contributed by atoms with Crippen LogP contribution in [0, 0.1) is 12.7 Å². The minimum Gasteiger partial charge on any atom is -0.494 e. The largest absolute Gasteiger partial charge is 0.494 e. The van der Waals surface area contributed by atoms with Crippen LogP contribution in [-0.2, 0) is 16.1 Å². The molecule has 0 spiro atoms. The van der Waals surface area contributed by atoms with Crippen LogP contribution in [0.3, 0.4) is 0 Å². The van der Waals surface area contributed by atoms with Crippen molar-refractivity contribution in [2.45, 2.75) is 26.5 Å². The Bertz CT molecular complexity index is 1120. The number of aromatic nitrogens is 3. The first-order chi connectivity index (χ1) is 14.9. The van der Waals surface area contributed by atoms with E-state index in [-0.39, 0.29) is 23.6 Å². The molecular weight excluding hydrogens is 399 g/mol. The molecule has 1 aliphatic rings. The molecule has 2 heterocycles. The van der Waals surface area contributed by atoms with E-state index in [4.69, 9.17) is 9.47 Å². The molecule has 8 heteroatoms. The van der Waals surface area contributed by atoms with Crippen LogP contribution in [0.2, 0.25) is 0 Å². The second kappa shape index (κ2) is 8.59. The molecule has 2 aromatic carbocycles. The fraction of sp³-hybridized carbons (Fsp3) is 0.261. The lowest BCUT2D eigenvalue weighted by molar-refractivity contribution is -0.139. The van der Waals surface area contributed by atoms with Crippen LogP contribution >= 0.6 is 0 Å². The van der Waals surface area contributed by atoms with Crippen LogP contribution in [0.25, 0.3) is 11.8 Å². The molecule has 4 rings (SSSR count). The van der Waals surface area contributed by atoms with Crippen molar-refractivity contribution in [3.63, 3.8) is 0 Å². The Labute approximate surface area is 179 Å². The van der Waals surface area contributed by atoms with Gasteiger partial charge in [-0.25, -0.2) is 14.1 Å². The van der Waals surface area contributed by atoms with Gasteiger partial charge < -0.3 is 14.4 Å². The zero-order valence-electron chi connectivity index (χ0n) is 17.6. The predicted molar refractivity (Wildman–Crippen MR) is 113 cm³/mol. The molecule has 160 valence electrons. The summed E-state index contributed by atoms with van der Waals surface area (Å²) < 4.78 is 26.2. The summed E-state index contributed by atoms with van der Waals surface area (Å²) in [6.45, 7) is 4.57. The van der Waals surface area contributed by atoms with Gasteiger partial charge in [0.1, 0.15) is 35.5 Å². The number of hydrogen-bond donors (Lipinski definition) is 0. The molecule has 1 saturated heterocycles. The molecular formula is C23H23FN4O3. The summed E-state index contributed by atoms with van der Waals surface area (Å²) in [4.78, 5) is 18.8. The number of halogens is 1. The van der Waals surface area contributed by atoms with Crippen LogP contribution in [0.4, 0.5) is 4.39 Å². The molecule has 1 atom stereocenters. The van der Waals surface area contributed by atoms with Gasteiger partial charge >= 0.3 is 0 Å². The van der Waals surface area contributed by atoms with Gasteiger partial charge in [0.25, 0.3) is 5.91 Å². The smallest absolute Gasteiger partial charge is 0.289 e. The molecule has 0 bridgehead atoms. The molecule has 0 unspecified atom stereocenters. The summed E-state index contributed by atoms with van der Waals surface area (Å²) in [5.41, 5.74) is 2.36. The SMILES string of the molecule is COc1cc(/C=C2/O[C@H](C)CN(Cc3ccc(F)cc3)C2=O)ccc1-n1cnc(C)n1. The van der Waals surface area contributed by atoms with Gasteiger partial charge in [-0.2, -0.15) is 5.10 Å². The highest BCUT2D eigenvalue weighted by atomic mass is 19.1. The normalized spacial score (nSPS) is 17.7. The molecule has 7 nitrogen and oxygen atoms in total. The van der Waals surface area contributed by atoms with E-state index >= 15 is 0 Å². The number of nitrogens with zero attached hydrogens (tertiary/aromatic N) is 4. The number of benzene rings is 2. The molecule has 0 aliphatic carbocycles. The monoisotopic (exact) mass is 422 g/mol. The maximum Gasteiger partial charge on any atom is 0.289 e. The maximum absolute atomic E-state index is 13.2. The number of carbonyl (C=O) groups is 1. The van der Waals surface area contributed by atoms with Gasteiger partial charge in [0.15, 0.2) is 5.76 Å². The predicted octanol–water partition coefficient (Wildman–Crippen LogP) is 3.51. The van der Waals surface area contributed by atoms with Gasteiger partial charge in [0.05, 0.1) is 13.7 Å². The first-order valence-corrected chi connectivity index (χ1v) is 9.91.